The second kappa shape index (κ2) is 6.78. The minimum absolute atomic E-state index is 0. The van der Waals surface area contributed by atoms with E-state index in [-0.39, 0.29) is 24.0 Å². The maximum absolute atomic E-state index is 4.26. The first-order chi connectivity index (χ1) is 7.70. The van der Waals surface area contributed by atoms with Crippen LogP contribution in [-0.4, -0.2) is 50.1 Å². The molecule has 100 valence electrons. The highest BCUT2D eigenvalue weighted by atomic mass is 127. The van der Waals surface area contributed by atoms with Gasteiger partial charge in [0.1, 0.15) is 0 Å². The SMILES string of the molecule is CN=C(NCC1CCCN1C)NC1CC1C.I. The highest BCUT2D eigenvalue weighted by Gasteiger charge is 2.33. The molecule has 4 nitrogen and oxygen atoms in total. The Morgan fingerprint density at radius 2 is 2.18 bits per heavy atom. The monoisotopic (exact) mass is 352 g/mol. The van der Waals surface area contributed by atoms with Gasteiger partial charge >= 0.3 is 0 Å². The van der Waals surface area contributed by atoms with Gasteiger partial charge in [-0.15, -0.1) is 24.0 Å². The molecule has 2 aliphatic rings. The summed E-state index contributed by atoms with van der Waals surface area (Å²) < 4.78 is 0. The van der Waals surface area contributed by atoms with Gasteiger partial charge in [-0.2, -0.15) is 0 Å². The third-order valence-corrected chi connectivity index (χ3v) is 3.83. The Bertz CT molecular complexity index is 269. The number of hydrogen-bond acceptors (Lipinski definition) is 2. The lowest BCUT2D eigenvalue weighted by Crippen LogP contribution is -2.44. The van der Waals surface area contributed by atoms with Crippen molar-refractivity contribution in [3.8, 4) is 0 Å². The smallest absolute Gasteiger partial charge is 0.191 e. The average Bonchev–Trinajstić information content (AvgIpc) is 2.79. The zero-order valence-corrected chi connectivity index (χ0v) is 13.4. The maximum atomic E-state index is 4.26. The van der Waals surface area contributed by atoms with Gasteiger partial charge in [-0.25, -0.2) is 0 Å². The van der Waals surface area contributed by atoms with E-state index < -0.39 is 0 Å². The molecule has 1 heterocycles. The number of guanidine groups is 1. The molecule has 2 rings (SSSR count). The van der Waals surface area contributed by atoms with Crippen molar-refractivity contribution in [1.82, 2.24) is 15.5 Å². The van der Waals surface area contributed by atoms with Gasteiger partial charge in [0.15, 0.2) is 5.96 Å². The summed E-state index contributed by atoms with van der Waals surface area (Å²) in [7, 11) is 4.05. The van der Waals surface area contributed by atoms with E-state index in [1.807, 2.05) is 7.05 Å². The third-order valence-electron chi connectivity index (χ3n) is 3.83. The van der Waals surface area contributed by atoms with E-state index in [9.17, 15) is 0 Å². The fourth-order valence-electron chi connectivity index (χ4n) is 2.35. The van der Waals surface area contributed by atoms with Gasteiger partial charge in [0.25, 0.3) is 0 Å². The van der Waals surface area contributed by atoms with E-state index in [1.165, 1.54) is 25.8 Å². The number of aliphatic imine (C=N–C) groups is 1. The van der Waals surface area contributed by atoms with Gasteiger partial charge in [0.2, 0.25) is 0 Å². The number of likely N-dealkylation sites (tertiary alicyclic amines) is 1. The summed E-state index contributed by atoms with van der Waals surface area (Å²) in [6.07, 6.45) is 3.92. The molecule has 0 spiro atoms. The summed E-state index contributed by atoms with van der Waals surface area (Å²) in [5, 5.41) is 6.88. The van der Waals surface area contributed by atoms with Crippen molar-refractivity contribution < 1.29 is 0 Å². The molecule has 1 saturated carbocycles. The van der Waals surface area contributed by atoms with Crippen molar-refractivity contribution in [2.75, 3.05) is 27.2 Å². The molecule has 0 aromatic carbocycles. The average molecular weight is 352 g/mol. The number of rotatable bonds is 3. The van der Waals surface area contributed by atoms with E-state index in [4.69, 9.17) is 0 Å². The molecule has 1 saturated heterocycles. The lowest BCUT2D eigenvalue weighted by molar-refractivity contribution is 0.309. The summed E-state index contributed by atoms with van der Waals surface area (Å²) in [4.78, 5) is 6.70. The van der Waals surface area contributed by atoms with E-state index in [2.05, 4.69) is 34.5 Å². The molecule has 5 heteroatoms. The molecule has 2 N–H and O–H groups in total. The van der Waals surface area contributed by atoms with Crippen molar-refractivity contribution in [3.63, 3.8) is 0 Å². The molecule has 1 aliphatic carbocycles. The van der Waals surface area contributed by atoms with Crippen LogP contribution in [0.25, 0.3) is 0 Å². The standard InChI is InChI=1S/C12H24N4.HI/c1-9-7-11(9)15-12(13-2)14-8-10-5-4-6-16(10)3;/h9-11H,4-8H2,1-3H3,(H2,13,14,15);1H. The third kappa shape index (κ3) is 4.28. The molecular weight excluding hydrogens is 327 g/mol. The number of nitrogens with one attached hydrogen (secondary N) is 2. The van der Waals surface area contributed by atoms with E-state index in [0.29, 0.717) is 12.1 Å². The minimum atomic E-state index is 0. The summed E-state index contributed by atoms with van der Waals surface area (Å²) in [5.74, 6) is 1.78. The number of likely N-dealkylation sites (N-methyl/N-ethyl adjacent to an activating group) is 1. The van der Waals surface area contributed by atoms with Crippen LogP contribution in [0, 0.1) is 5.92 Å². The van der Waals surface area contributed by atoms with Crippen molar-refractivity contribution >= 4 is 29.9 Å². The molecule has 0 amide bonds. The van der Waals surface area contributed by atoms with Crippen LogP contribution in [-0.2, 0) is 0 Å². The molecule has 3 unspecified atom stereocenters. The fraction of sp³-hybridized carbons (Fsp3) is 0.917. The highest BCUT2D eigenvalue weighted by Crippen LogP contribution is 2.28. The molecular formula is C12H25IN4. The Kier molecular flexibility index (Phi) is 5.99. The second-order valence-electron chi connectivity index (χ2n) is 5.19. The van der Waals surface area contributed by atoms with Crippen LogP contribution < -0.4 is 10.6 Å². The predicted octanol–water partition coefficient (Wildman–Crippen LogP) is 1.27. The summed E-state index contributed by atoms with van der Waals surface area (Å²) in [5.41, 5.74) is 0. The Labute approximate surface area is 122 Å². The molecule has 1 aliphatic heterocycles. The van der Waals surface area contributed by atoms with Gasteiger partial charge in [0.05, 0.1) is 0 Å². The lowest BCUT2D eigenvalue weighted by Gasteiger charge is -2.21. The fourth-order valence-corrected chi connectivity index (χ4v) is 2.35. The summed E-state index contributed by atoms with van der Waals surface area (Å²) in [6, 6.07) is 1.32. The molecule has 0 aromatic heterocycles. The van der Waals surface area contributed by atoms with E-state index in [0.717, 1.165) is 18.4 Å². The van der Waals surface area contributed by atoms with Crippen molar-refractivity contribution in [2.24, 2.45) is 10.9 Å². The number of halogens is 1. The molecule has 0 radical (unpaired) electrons. The van der Waals surface area contributed by atoms with E-state index in [1.54, 1.807) is 0 Å². The van der Waals surface area contributed by atoms with Crippen molar-refractivity contribution in [3.05, 3.63) is 0 Å². The highest BCUT2D eigenvalue weighted by molar-refractivity contribution is 14.0. The van der Waals surface area contributed by atoms with Crippen LogP contribution >= 0.6 is 24.0 Å². The Hall–Kier alpha value is -0.0400. The zero-order chi connectivity index (χ0) is 11.5. The van der Waals surface area contributed by atoms with Crippen LogP contribution in [0.3, 0.4) is 0 Å². The van der Waals surface area contributed by atoms with Crippen molar-refractivity contribution in [1.29, 1.82) is 0 Å². The van der Waals surface area contributed by atoms with Gasteiger partial charge in [-0.05, 0) is 38.8 Å². The van der Waals surface area contributed by atoms with Crippen LogP contribution in [0.2, 0.25) is 0 Å². The van der Waals surface area contributed by atoms with Gasteiger partial charge < -0.3 is 15.5 Å². The lowest BCUT2D eigenvalue weighted by atomic mass is 10.2. The minimum Gasteiger partial charge on any atom is -0.355 e. The number of nitrogens with zero attached hydrogens (tertiary/aromatic N) is 2. The Morgan fingerprint density at radius 1 is 1.47 bits per heavy atom. The quantitative estimate of drug-likeness (QED) is 0.457. The largest absolute Gasteiger partial charge is 0.355 e. The van der Waals surface area contributed by atoms with Crippen LogP contribution in [0.5, 0.6) is 0 Å². The first kappa shape index (κ1) is 15.0. The molecule has 3 atom stereocenters. The molecule has 0 bridgehead atoms. The van der Waals surface area contributed by atoms with Gasteiger partial charge in [-0.3, -0.25) is 4.99 Å². The predicted molar refractivity (Wildman–Crippen MR) is 83.1 cm³/mol. The van der Waals surface area contributed by atoms with E-state index >= 15 is 0 Å². The van der Waals surface area contributed by atoms with Crippen LogP contribution in [0.1, 0.15) is 26.2 Å². The first-order valence-corrected chi connectivity index (χ1v) is 6.38. The molecule has 0 aromatic rings. The molecule has 17 heavy (non-hydrogen) atoms. The summed E-state index contributed by atoms with van der Waals surface area (Å²) in [6.45, 7) is 4.52. The second-order valence-corrected chi connectivity index (χ2v) is 5.19. The first-order valence-electron chi connectivity index (χ1n) is 6.38. The maximum Gasteiger partial charge on any atom is 0.191 e. The van der Waals surface area contributed by atoms with Crippen molar-refractivity contribution in [2.45, 2.75) is 38.3 Å². The van der Waals surface area contributed by atoms with Crippen LogP contribution in [0.15, 0.2) is 4.99 Å². The summed E-state index contributed by atoms with van der Waals surface area (Å²) >= 11 is 0. The van der Waals surface area contributed by atoms with Gasteiger partial charge in [-0.1, -0.05) is 6.92 Å². The van der Waals surface area contributed by atoms with Gasteiger partial charge in [0, 0.05) is 25.7 Å². The number of hydrogen-bond donors (Lipinski definition) is 2. The topological polar surface area (TPSA) is 39.7 Å². The molecule has 2 fully saturated rings. The Morgan fingerprint density at radius 3 is 2.65 bits per heavy atom. The Balaban J connectivity index is 0.00000144. The zero-order valence-electron chi connectivity index (χ0n) is 11.1. The normalized spacial score (nSPS) is 33.1. The van der Waals surface area contributed by atoms with Crippen LogP contribution in [0.4, 0.5) is 0 Å².